The summed E-state index contributed by atoms with van der Waals surface area (Å²) in [5.74, 6) is 1.78. The van der Waals surface area contributed by atoms with Gasteiger partial charge in [0.05, 0.1) is 6.61 Å². The highest BCUT2D eigenvalue weighted by molar-refractivity contribution is 5.94. The maximum atomic E-state index is 11.6. The normalized spacial score (nSPS) is 10.8. The lowest BCUT2D eigenvalue weighted by Crippen LogP contribution is -2.24. The fraction of sp³-hybridized carbons (Fsp3) is 0.381. The summed E-state index contributed by atoms with van der Waals surface area (Å²) in [7, 11) is 2.04. The first-order valence-electron chi connectivity index (χ1n) is 8.64. The zero-order valence-corrected chi connectivity index (χ0v) is 15.5. The highest BCUT2D eigenvalue weighted by atomic mass is 16.5. The minimum Gasteiger partial charge on any atom is -0.494 e. The summed E-state index contributed by atoms with van der Waals surface area (Å²) < 4.78 is 11.5. The van der Waals surface area contributed by atoms with E-state index in [-0.39, 0.29) is 5.78 Å². The van der Waals surface area contributed by atoms with Crippen molar-refractivity contribution in [3.05, 3.63) is 59.2 Å². The molecule has 2 rings (SSSR count). The van der Waals surface area contributed by atoms with Crippen LogP contribution in [0.5, 0.6) is 11.5 Å². The Morgan fingerprint density at radius 3 is 2.44 bits per heavy atom. The quantitative estimate of drug-likeness (QED) is 0.644. The number of carbonyl (C=O) groups is 1. The van der Waals surface area contributed by atoms with Gasteiger partial charge in [-0.3, -0.25) is 9.69 Å². The standard InChI is InChI=1S/C21H27NO3/c1-5-24-21-11-8-18(17(3)23)14-19(21)15-22(4)12-13-25-20-9-6-16(2)7-10-20/h6-11,14H,5,12-13,15H2,1-4H3. The van der Waals surface area contributed by atoms with E-state index in [0.717, 1.165) is 23.6 Å². The molecule has 0 amide bonds. The first kappa shape index (κ1) is 19.0. The predicted octanol–water partition coefficient (Wildman–Crippen LogP) is 4.11. The maximum absolute atomic E-state index is 11.6. The molecule has 0 N–H and O–H groups in total. The Hall–Kier alpha value is -2.33. The highest BCUT2D eigenvalue weighted by Gasteiger charge is 2.10. The van der Waals surface area contributed by atoms with Gasteiger partial charge in [-0.1, -0.05) is 17.7 Å². The van der Waals surface area contributed by atoms with Gasteiger partial charge in [-0.25, -0.2) is 0 Å². The molecule has 0 saturated carbocycles. The van der Waals surface area contributed by atoms with Crippen LogP contribution in [-0.4, -0.2) is 37.5 Å². The first-order valence-corrected chi connectivity index (χ1v) is 8.64. The van der Waals surface area contributed by atoms with E-state index in [0.29, 0.717) is 25.3 Å². The van der Waals surface area contributed by atoms with Gasteiger partial charge in [0.25, 0.3) is 0 Å². The second kappa shape index (κ2) is 9.23. The van der Waals surface area contributed by atoms with Crippen LogP contribution in [0.15, 0.2) is 42.5 Å². The van der Waals surface area contributed by atoms with Gasteiger partial charge in [-0.05, 0) is 58.2 Å². The molecule has 4 heteroatoms. The molecule has 0 unspecified atom stereocenters. The summed E-state index contributed by atoms with van der Waals surface area (Å²) in [5, 5.41) is 0. The van der Waals surface area contributed by atoms with Gasteiger partial charge in [0.1, 0.15) is 18.1 Å². The zero-order valence-electron chi connectivity index (χ0n) is 15.5. The number of carbonyl (C=O) groups excluding carboxylic acids is 1. The van der Waals surface area contributed by atoms with Crippen LogP contribution in [0.2, 0.25) is 0 Å². The fourth-order valence-corrected chi connectivity index (χ4v) is 2.54. The molecule has 0 aliphatic rings. The monoisotopic (exact) mass is 341 g/mol. The Morgan fingerprint density at radius 2 is 1.80 bits per heavy atom. The Morgan fingerprint density at radius 1 is 1.08 bits per heavy atom. The second-order valence-corrected chi connectivity index (χ2v) is 6.21. The van der Waals surface area contributed by atoms with Crippen molar-refractivity contribution in [1.29, 1.82) is 0 Å². The highest BCUT2D eigenvalue weighted by Crippen LogP contribution is 2.22. The van der Waals surface area contributed by atoms with Crippen molar-refractivity contribution in [2.24, 2.45) is 0 Å². The average Bonchev–Trinajstić information content (AvgIpc) is 2.58. The molecule has 0 heterocycles. The van der Waals surface area contributed by atoms with E-state index in [2.05, 4.69) is 11.8 Å². The number of aryl methyl sites for hydroxylation is 1. The number of Topliss-reactive ketones (excluding diaryl/α,β-unsaturated/α-hetero) is 1. The number of likely N-dealkylation sites (N-methyl/N-ethyl adjacent to an activating group) is 1. The van der Waals surface area contributed by atoms with Gasteiger partial charge >= 0.3 is 0 Å². The summed E-state index contributed by atoms with van der Waals surface area (Å²) in [4.78, 5) is 13.8. The topological polar surface area (TPSA) is 38.8 Å². The van der Waals surface area contributed by atoms with Gasteiger partial charge in [0.15, 0.2) is 5.78 Å². The minimum atomic E-state index is 0.0645. The Balaban J connectivity index is 1.94. The van der Waals surface area contributed by atoms with Crippen molar-refractivity contribution in [2.75, 3.05) is 26.8 Å². The molecule has 0 fully saturated rings. The number of nitrogens with zero attached hydrogens (tertiary/aromatic N) is 1. The molecule has 0 atom stereocenters. The Bertz CT molecular complexity index is 695. The first-order chi connectivity index (χ1) is 12.0. The van der Waals surface area contributed by atoms with Gasteiger partial charge in [-0.15, -0.1) is 0 Å². The number of ether oxygens (including phenoxy) is 2. The molecular weight excluding hydrogens is 314 g/mol. The Kier molecular flexibility index (Phi) is 7.02. The SMILES string of the molecule is CCOc1ccc(C(C)=O)cc1CN(C)CCOc1ccc(C)cc1. The molecule has 25 heavy (non-hydrogen) atoms. The van der Waals surface area contributed by atoms with E-state index in [4.69, 9.17) is 9.47 Å². The Labute approximate surface area is 150 Å². The third-order valence-corrected chi connectivity index (χ3v) is 3.97. The van der Waals surface area contributed by atoms with Crippen LogP contribution in [0.3, 0.4) is 0 Å². The molecule has 134 valence electrons. The molecule has 0 radical (unpaired) electrons. The van der Waals surface area contributed by atoms with E-state index in [1.807, 2.05) is 56.4 Å². The minimum absolute atomic E-state index is 0.0645. The summed E-state index contributed by atoms with van der Waals surface area (Å²) in [5.41, 5.74) is 2.95. The van der Waals surface area contributed by atoms with Gasteiger partial charge < -0.3 is 9.47 Å². The number of rotatable bonds is 9. The van der Waals surface area contributed by atoms with E-state index in [9.17, 15) is 4.79 Å². The summed E-state index contributed by atoms with van der Waals surface area (Å²) in [6, 6.07) is 13.7. The summed E-state index contributed by atoms with van der Waals surface area (Å²) in [6.45, 7) is 8.29. The largest absolute Gasteiger partial charge is 0.494 e. The van der Waals surface area contributed by atoms with E-state index < -0.39 is 0 Å². The second-order valence-electron chi connectivity index (χ2n) is 6.21. The lowest BCUT2D eigenvalue weighted by molar-refractivity contribution is 0.101. The van der Waals surface area contributed by atoms with Crippen LogP contribution in [0, 0.1) is 6.92 Å². The average molecular weight is 341 g/mol. The van der Waals surface area contributed by atoms with Crippen molar-refractivity contribution in [3.8, 4) is 11.5 Å². The van der Waals surface area contributed by atoms with Crippen LogP contribution in [0.1, 0.15) is 35.3 Å². The van der Waals surface area contributed by atoms with Gasteiger partial charge in [0, 0.05) is 24.2 Å². The molecule has 0 aromatic heterocycles. The van der Waals surface area contributed by atoms with Crippen molar-refractivity contribution in [2.45, 2.75) is 27.3 Å². The lowest BCUT2D eigenvalue weighted by Gasteiger charge is -2.19. The fourth-order valence-electron chi connectivity index (χ4n) is 2.54. The summed E-state index contributed by atoms with van der Waals surface area (Å²) >= 11 is 0. The summed E-state index contributed by atoms with van der Waals surface area (Å²) in [6.07, 6.45) is 0. The van der Waals surface area contributed by atoms with Crippen LogP contribution >= 0.6 is 0 Å². The smallest absolute Gasteiger partial charge is 0.159 e. The number of hydrogen-bond donors (Lipinski definition) is 0. The molecule has 2 aromatic carbocycles. The lowest BCUT2D eigenvalue weighted by atomic mass is 10.1. The number of hydrogen-bond acceptors (Lipinski definition) is 4. The van der Waals surface area contributed by atoms with E-state index >= 15 is 0 Å². The molecule has 0 saturated heterocycles. The zero-order chi connectivity index (χ0) is 18.2. The maximum Gasteiger partial charge on any atom is 0.159 e. The molecular formula is C21H27NO3. The molecule has 0 bridgehead atoms. The third kappa shape index (κ3) is 5.91. The molecule has 0 aliphatic heterocycles. The number of ketones is 1. The molecule has 4 nitrogen and oxygen atoms in total. The molecule has 0 aliphatic carbocycles. The van der Waals surface area contributed by atoms with Crippen molar-refractivity contribution in [3.63, 3.8) is 0 Å². The van der Waals surface area contributed by atoms with Crippen LogP contribution in [-0.2, 0) is 6.54 Å². The third-order valence-electron chi connectivity index (χ3n) is 3.97. The number of benzene rings is 2. The van der Waals surface area contributed by atoms with Crippen LogP contribution in [0.25, 0.3) is 0 Å². The van der Waals surface area contributed by atoms with Crippen LogP contribution in [0.4, 0.5) is 0 Å². The van der Waals surface area contributed by atoms with Crippen molar-refractivity contribution >= 4 is 5.78 Å². The molecule has 2 aromatic rings. The van der Waals surface area contributed by atoms with Crippen molar-refractivity contribution in [1.82, 2.24) is 4.90 Å². The van der Waals surface area contributed by atoms with Crippen LogP contribution < -0.4 is 9.47 Å². The van der Waals surface area contributed by atoms with Crippen molar-refractivity contribution < 1.29 is 14.3 Å². The van der Waals surface area contributed by atoms with E-state index in [1.165, 1.54) is 5.56 Å². The van der Waals surface area contributed by atoms with Gasteiger partial charge in [0.2, 0.25) is 0 Å². The van der Waals surface area contributed by atoms with Gasteiger partial charge in [-0.2, -0.15) is 0 Å². The molecule has 0 spiro atoms. The van der Waals surface area contributed by atoms with E-state index in [1.54, 1.807) is 6.92 Å². The predicted molar refractivity (Wildman–Crippen MR) is 101 cm³/mol.